The van der Waals surface area contributed by atoms with E-state index < -0.39 is 14.8 Å². The van der Waals surface area contributed by atoms with Gasteiger partial charge in [-0.05, 0) is 39.0 Å². The topological polar surface area (TPSA) is 66.4 Å². The molecule has 6 heteroatoms. The Morgan fingerprint density at radius 2 is 1.88 bits per heavy atom. The molecule has 0 fully saturated rings. The molecule has 90 valence electrons. The number of hydrogen-bond acceptors (Lipinski definition) is 3. The van der Waals surface area contributed by atoms with Crippen LogP contribution < -0.4 is 4.72 Å². The second kappa shape index (κ2) is 4.14. The van der Waals surface area contributed by atoms with E-state index in [2.05, 4.69) is 4.72 Å². The molecule has 0 aliphatic heterocycles. The fraction of sp³-hybridized carbons (Fsp3) is 0.400. The molecular weight excluding hydrogens is 250 g/mol. The molecule has 0 aliphatic rings. The molecule has 0 aliphatic carbocycles. The Bertz CT molecular complexity index is 491. The van der Waals surface area contributed by atoms with Gasteiger partial charge in [0.25, 0.3) is 0 Å². The number of aromatic hydroxyl groups is 1. The van der Waals surface area contributed by atoms with Crippen molar-refractivity contribution >= 4 is 27.3 Å². The molecule has 0 saturated carbocycles. The lowest BCUT2D eigenvalue weighted by Gasteiger charge is -2.20. The van der Waals surface area contributed by atoms with Crippen molar-refractivity contribution in [3.05, 3.63) is 23.2 Å². The van der Waals surface area contributed by atoms with Gasteiger partial charge in [0.15, 0.2) is 0 Å². The van der Waals surface area contributed by atoms with Crippen LogP contribution in [-0.4, -0.2) is 18.3 Å². The van der Waals surface area contributed by atoms with Crippen molar-refractivity contribution in [1.29, 1.82) is 0 Å². The predicted octanol–water partition coefficient (Wildman–Crippen LogP) is 2.59. The predicted molar refractivity (Wildman–Crippen MR) is 65.4 cm³/mol. The first-order chi connectivity index (χ1) is 7.13. The smallest absolute Gasteiger partial charge is 0.237 e. The van der Waals surface area contributed by atoms with Gasteiger partial charge in [0, 0.05) is 5.02 Å². The highest BCUT2D eigenvalue weighted by Crippen LogP contribution is 2.29. The highest BCUT2D eigenvalue weighted by atomic mass is 35.5. The number of benzene rings is 1. The Balaban J connectivity index is 3.11. The number of sulfonamides is 1. The Kier molecular flexibility index (Phi) is 3.40. The molecule has 0 amide bonds. The van der Waals surface area contributed by atoms with Crippen molar-refractivity contribution in [1.82, 2.24) is 0 Å². The Morgan fingerprint density at radius 3 is 2.38 bits per heavy atom. The van der Waals surface area contributed by atoms with Crippen LogP contribution in [0.2, 0.25) is 5.02 Å². The molecule has 0 saturated heterocycles. The maximum absolute atomic E-state index is 11.8. The summed E-state index contributed by atoms with van der Waals surface area (Å²) in [6.45, 7) is 4.70. The summed E-state index contributed by atoms with van der Waals surface area (Å²) in [5.41, 5.74) is 0.0856. The standard InChI is InChI=1S/C10H14ClNO3S/c1-10(2,3)16(14,15)12-8-6-7(11)4-5-9(8)13/h4-6,12-13H,1-3H3. The van der Waals surface area contributed by atoms with E-state index in [4.69, 9.17) is 11.6 Å². The van der Waals surface area contributed by atoms with Gasteiger partial charge in [-0.2, -0.15) is 0 Å². The number of phenols is 1. The third-order valence-electron chi connectivity index (χ3n) is 2.01. The molecule has 0 atom stereocenters. The Morgan fingerprint density at radius 1 is 1.31 bits per heavy atom. The van der Waals surface area contributed by atoms with Gasteiger partial charge in [0.1, 0.15) is 5.75 Å². The maximum Gasteiger partial charge on any atom is 0.237 e. The first-order valence-corrected chi connectivity index (χ1v) is 6.50. The summed E-state index contributed by atoms with van der Waals surface area (Å²) < 4.78 is 25.0. The van der Waals surface area contributed by atoms with E-state index in [9.17, 15) is 13.5 Å². The van der Waals surface area contributed by atoms with Gasteiger partial charge >= 0.3 is 0 Å². The average Bonchev–Trinajstić information content (AvgIpc) is 2.09. The molecule has 16 heavy (non-hydrogen) atoms. The zero-order valence-corrected chi connectivity index (χ0v) is 10.9. The number of nitrogens with one attached hydrogen (secondary N) is 1. The first kappa shape index (κ1) is 13.1. The van der Waals surface area contributed by atoms with Crippen molar-refractivity contribution < 1.29 is 13.5 Å². The summed E-state index contributed by atoms with van der Waals surface area (Å²) in [5.74, 6) is -0.155. The van der Waals surface area contributed by atoms with Crippen LogP contribution in [0.25, 0.3) is 0 Å². The highest BCUT2D eigenvalue weighted by molar-refractivity contribution is 7.94. The minimum atomic E-state index is -3.56. The Hall–Kier alpha value is -0.940. The zero-order valence-electron chi connectivity index (χ0n) is 9.28. The van der Waals surface area contributed by atoms with E-state index in [0.717, 1.165) is 0 Å². The summed E-state index contributed by atoms with van der Waals surface area (Å²) in [5, 5.41) is 9.83. The molecule has 4 nitrogen and oxygen atoms in total. The van der Waals surface area contributed by atoms with E-state index in [1.807, 2.05) is 0 Å². The average molecular weight is 264 g/mol. The third-order valence-corrected chi connectivity index (χ3v) is 4.35. The van der Waals surface area contributed by atoms with Gasteiger partial charge in [0.05, 0.1) is 10.4 Å². The quantitative estimate of drug-likeness (QED) is 0.806. The van der Waals surface area contributed by atoms with Crippen molar-refractivity contribution in [3.8, 4) is 5.75 Å². The van der Waals surface area contributed by atoms with Crippen LogP contribution in [0.1, 0.15) is 20.8 Å². The number of phenolic OH excluding ortho intramolecular Hbond substituents is 1. The molecule has 1 rings (SSSR count). The molecule has 0 unspecified atom stereocenters. The molecule has 0 aromatic heterocycles. The highest BCUT2D eigenvalue weighted by Gasteiger charge is 2.29. The van der Waals surface area contributed by atoms with E-state index in [1.54, 1.807) is 20.8 Å². The fourth-order valence-electron chi connectivity index (χ4n) is 0.888. The van der Waals surface area contributed by atoms with Crippen molar-refractivity contribution in [2.24, 2.45) is 0 Å². The minimum Gasteiger partial charge on any atom is -0.506 e. The zero-order chi connectivity index (χ0) is 12.6. The maximum atomic E-state index is 11.8. The normalized spacial score (nSPS) is 12.5. The van der Waals surface area contributed by atoms with E-state index >= 15 is 0 Å². The van der Waals surface area contributed by atoms with Crippen LogP contribution in [0.4, 0.5) is 5.69 Å². The summed E-state index contributed by atoms with van der Waals surface area (Å²) in [7, 11) is -3.56. The molecular formula is C10H14ClNO3S. The van der Waals surface area contributed by atoms with E-state index in [1.165, 1.54) is 18.2 Å². The molecule has 0 radical (unpaired) electrons. The monoisotopic (exact) mass is 263 g/mol. The molecule has 0 heterocycles. The van der Waals surface area contributed by atoms with Crippen molar-refractivity contribution in [2.45, 2.75) is 25.5 Å². The second-order valence-electron chi connectivity index (χ2n) is 4.38. The summed E-state index contributed by atoms with van der Waals surface area (Å²) in [4.78, 5) is 0. The van der Waals surface area contributed by atoms with Crippen LogP contribution in [0, 0.1) is 0 Å². The van der Waals surface area contributed by atoms with Crippen LogP contribution in [0.3, 0.4) is 0 Å². The van der Waals surface area contributed by atoms with Gasteiger partial charge in [-0.3, -0.25) is 4.72 Å². The van der Waals surface area contributed by atoms with Gasteiger partial charge in [-0.25, -0.2) is 8.42 Å². The lowest BCUT2D eigenvalue weighted by molar-refractivity contribution is 0.477. The SMILES string of the molecule is CC(C)(C)S(=O)(=O)Nc1cc(Cl)ccc1O. The van der Waals surface area contributed by atoms with Gasteiger partial charge in [0.2, 0.25) is 10.0 Å². The number of anilines is 1. The van der Waals surface area contributed by atoms with E-state index in [-0.39, 0.29) is 11.4 Å². The fourth-order valence-corrected chi connectivity index (χ4v) is 1.82. The van der Waals surface area contributed by atoms with Crippen LogP contribution >= 0.6 is 11.6 Å². The van der Waals surface area contributed by atoms with Gasteiger partial charge in [-0.1, -0.05) is 11.6 Å². The number of rotatable bonds is 2. The molecule has 1 aromatic rings. The number of halogens is 1. The summed E-state index contributed by atoms with van der Waals surface area (Å²) in [6, 6.07) is 4.18. The van der Waals surface area contributed by atoms with Crippen molar-refractivity contribution in [2.75, 3.05) is 4.72 Å². The summed E-state index contributed by atoms with van der Waals surface area (Å²) in [6.07, 6.45) is 0. The van der Waals surface area contributed by atoms with Crippen LogP contribution in [0.15, 0.2) is 18.2 Å². The lowest BCUT2D eigenvalue weighted by Crippen LogP contribution is -2.33. The second-order valence-corrected chi connectivity index (χ2v) is 7.25. The van der Waals surface area contributed by atoms with Gasteiger partial charge in [-0.15, -0.1) is 0 Å². The van der Waals surface area contributed by atoms with Crippen LogP contribution in [0.5, 0.6) is 5.75 Å². The Labute approximate surface area is 100 Å². The molecule has 2 N–H and O–H groups in total. The van der Waals surface area contributed by atoms with Crippen molar-refractivity contribution in [3.63, 3.8) is 0 Å². The molecule has 0 bridgehead atoms. The van der Waals surface area contributed by atoms with E-state index in [0.29, 0.717) is 5.02 Å². The minimum absolute atomic E-state index is 0.0856. The summed E-state index contributed by atoms with van der Waals surface area (Å²) >= 11 is 5.71. The van der Waals surface area contributed by atoms with Crippen LogP contribution in [-0.2, 0) is 10.0 Å². The lowest BCUT2D eigenvalue weighted by atomic mass is 10.3. The largest absolute Gasteiger partial charge is 0.506 e. The third kappa shape index (κ3) is 2.80. The number of hydrogen-bond donors (Lipinski definition) is 2. The molecule has 0 spiro atoms. The molecule has 1 aromatic carbocycles. The first-order valence-electron chi connectivity index (χ1n) is 4.64. The van der Waals surface area contributed by atoms with Gasteiger partial charge < -0.3 is 5.11 Å².